The molecule has 1 aromatic heterocycles. The highest BCUT2D eigenvalue weighted by atomic mass is 19.4. The van der Waals surface area contributed by atoms with Crippen molar-refractivity contribution < 1.29 is 22.9 Å². The Morgan fingerprint density at radius 1 is 0.969 bits per heavy atom. The monoisotopic (exact) mass is 441 g/mol. The van der Waals surface area contributed by atoms with Gasteiger partial charge in [0.25, 0.3) is 5.69 Å². The number of nitrogens with zero attached hydrogens (tertiary/aromatic N) is 2. The van der Waals surface area contributed by atoms with Gasteiger partial charge in [-0.3, -0.25) is 19.7 Å². The molecule has 3 aromatic carbocycles. The first-order chi connectivity index (χ1) is 15.1. The van der Waals surface area contributed by atoms with Gasteiger partial charge in [-0.15, -0.1) is 0 Å². The van der Waals surface area contributed by atoms with Crippen LogP contribution in [0.2, 0.25) is 0 Å². The molecule has 1 heterocycles. The van der Waals surface area contributed by atoms with Crippen LogP contribution in [-0.2, 0) is 17.5 Å². The maximum absolute atomic E-state index is 12.9. The molecule has 0 spiro atoms. The molecule has 0 saturated carbocycles. The molecule has 0 atom stereocenters. The second-order valence-corrected chi connectivity index (χ2v) is 7.02. The van der Waals surface area contributed by atoms with Crippen molar-refractivity contribution in [3.8, 4) is 0 Å². The molecule has 0 aliphatic heterocycles. The predicted octanol–water partition coefficient (Wildman–Crippen LogP) is 4.72. The van der Waals surface area contributed by atoms with Crippen LogP contribution in [0, 0.1) is 10.1 Å². The van der Waals surface area contributed by atoms with Gasteiger partial charge in [-0.2, -0.15) is 13.2 Å². The molecule has 1 amide bonds. The zero-order valence-corrected chi connectivity index (χ0v) is 16.2. The largest absolute Gasteiger partial charge is 0.416 e. The van der Waals surface area contributed by atoms with Gasteiger partial charge in [-0.25, -0.2) is 0 Å². The van der Waals surface area contributed by atoms with E-state index in [-0.39, 0.29) is 28.7 Å². The highest BCUT2D eigenvalue weighted by molar-refractivity contribution is 5.97. The molecular weight excluding hydrogens is 427 g/mol. The number of amides is 1. The maximum atomic E-state index is 12.9. The number of nitrogens with one attached hydrogen (secondary N) is 1. The summed E-state index contributed by atoms with van der Waals surface area (Å²) in [6, 6.07) is 14.4. The number of alkyl halides is 3. The van der Waals surface area contributed by atoms with Crippen LogP contribution in [0.3, 0.4) is 0 Å². The first-order valence-electron chi connectivity index (χ1n) is 9.32. The summed E-state index contributed by atoms with van der Waals surface area (Å²) in [6.45, 7) is -0.328. The third-order valence-electron chi connectivity index (χ3n) is 4.94. The summed E-state index contributed by atoms with van der Waals surface area (Å²) >= 11 is 0. The van der Waals surface area contributed by atoms with Gasteiger partial charge in [0.1, 0.15) is 6.54 Å². The van der Waals surface area contributed by atoms with E-state index in [0.29, 0.717) is 11.0 Å². The predicted molar refractivity (Wildman–Crippen MR) is 112 cm³/mol. The summed E-state index contributed by atoms with van der Waals surface area (Å²) in [5.74, 6) is -0.627. The first kappa shape index (κ1) is 21.0. The van der Waals surface area contributed by atoms with Gasteiger partial charge in [-0.05, 0) is 36.4 Å². The molecular formula is C22H14F3N3O4. The van der Waals surface area contributed by atoms with Gasteiger partial charge in [0.2, 0.25) is 5.91 Å². The minimum atomic E-state index is -4.55. The zero-order chi connectivity index (χ0) is 23.0. The molecule has 4 rings (SSSR count). The van der Waals surface area contributed by atoms with Crippen LogP contribution < -0.4 is 10.7 Å². The number of non-ortho nitro benzene ring substituents is 1. The average Bonchev–Trinajstić information content (AvgIpc) is 2.76. The van der Waals surface area contributed by atoms with Gasteiger partial charge in [0, 0.05) is 23.2 Å². The SMILES string of the molecule is O=C(Cn1c2ccccc2c(=O)c2cc([N+](=O)[O-])ccc21)Nc1cccc(C(F)(F)F)c1. The summed E-state index contributed by atoms with van der Waals surface area (Å²) in [7, 11) is 0. The van der Waals surface area contributed by atoms with Crippen LogP contribution in [0.5, 0.6) is 0 Å². The van der Waals surface area contributed by atoms with Crippen LogP contribution >= 0.6 is 0 Å². The Morgan fingerprint density at radius 2 is 1.69 bits per heavy atom. The van der Waals surface area contributed by atoms with Crippen LogP contribution in [0.15, 0.2) is 71.5 Å². The van der Waals surface area contributed by atoms with Gasteiger partial charge < -0.3 is 9.88 Å². The molecule has 0 bridgehead atoms. The van der Waals surface area contributed by atoms with Gasteiger partial charge in [0.05, 0.1) is 26.9 Å². The van der Waals surface area contributed by atoms with Gasteiger partial charge in [-0.1, -0.05) is 18.2 Å². The van der Waals surface area contributed by atoms with Gasteiger partial charge >= 0.3 is 6.18 Å². The number of carbonyl (C=O) groups excluding carboxylic acids is 1. The fourth-order valence-corrected chi connectivity index (χ4v) is 3.52. The van der Waals surface area contributed by atoms with Crippen molar-refractivity contribution in [2.75, 3.05) is 5.32 Å². The van der Waals surface area contributed by atoms with E-state index in [1.165, 1.54) is 34.9 Å². The smallest absolute Gasteiger partial charge is 0.331 e. The number of benzene rings is 3. The Labute approximate surface area is 177 Å². The average molecular weight is 441 g/mol. The normalized spacial score (nSPS) is 11.6. The highest BCUT2D eigenvalue weighted by Crippen LogP contribution is 2.30. The van der Waals surface area contributed by atoms with E-state index < -0.39 is 28.0 Å². The Balaban J connectivity index is 1.78. The molecule has 0 aliphatic rings. The number of pyridine rings is 1. The Kier molecular flexibility index (Phi) is 5.13. The topological polar surface area (TPSA) is 94.2 Å². The minimum Gasteiger partial charge on any atom is -0.331 e. The summed E-state index contributed by atoms with van der Waals surface area (Å²) in [4.78, 5) is 36.1. The minimum absolute atomic E-state index is 0.0323. The number of hydrogen-bond acceptors (Lipinski definition) is 4. The quantitative estimate of drug-likeness (QED) is 0.282. The maximum Gasteiger partial charge on any atom is 0.416 e. The van der Waals surface area contributed by atoms with E-state index in [1.807, 2.05) is 0 Å². The van der Waals surface area contributed by atoms with Crippen molar-refractivity contribution in [3.63, 3.8) is 0 Å². The summed E-state index contributed by atoms with van der Waals surface area (Å²) in [6.07, 6.45) is -4.55. The van der Waals surface area contributed by atoms with E-state index in [1.54, 1.807) is 18.2 Å². The number of aromatic nitrogens is 1. The Hall–Kier alpha value is -4.21. The summed E-state index contributed by atoms with van der Waals surface area (Å²) in [5.41, 5.74) is -0.924. The molecule has 0 radical (unpaired) electrons. The molecule has 0 fully saturated rings. The lowest BCUT2D eigenvalue weighted by Crippen LogP contribution is -2.21. The second kappa shape index (κ2) is 7.80. The van der Waals surface area contributed by atoms with E-state index in [4.69, 9.17) is 0 Å². The van der Waals surface area contributed by atoms with Crippen molar-refractivity contribution in [1.82, 2.24) is 4.57 Å². The summed E-state index contributed by atoms with van der Waals surface area (Å²) in [5, 5.41) is 13.9. The molecule has 0 unspecified atom stereocenters. The molecule has 162 valence electrons. The lowest BCUT2D eigenvalue weighted by molar-refractivity contribution is -0.384. The number of nitro benzene ring substituents is 1. The zero-order valence-electron chi connectivity index (χ0n) is 16.2. The number of anilines is 1. The van der Waals surface area contributed by atoms with Gasteiger partial charge in [0.15, 0.2) is 5.43 Å². The Morgan fingerprint density at radius 3 is 2.41 bits per heavy atom. The van der Waals surface area contributed by atoms with Crippen molar-refractivity contribution in [2.24, 2.45) is 0 Å². The van der Waals surface area contributed by atoms with Crippen molar-refractivity contribution in [2.45, 2.75) is 12.7 Å². The van der Waals surface area contributed by atoms with Crippen molar-refractivity contribution >= 4 is 39.1 Å². The summed E-state index contributed by atoms with van der Waals surface area (Å²) < 4.78 is 40.3. The molecule has 32 heavy (non-hydrogen) atoms. The van der Waals surface area contributed by atoms with E-state index in [9.17, 15) is 32.9 Å². The number of carbonyl (C=O) groups is 1. The number of rotatable bonds is 4. The number of halogens is 3. The van der Waals surface area contributed by atoms with E-state index >= 15 is 0 Å². The molecule has 10 heteroatoms. The molecule has 0 saturated heterocycles. The Bertz CT molecular complexity index is 1440. The second-order valence-electron chi connectivity index (χ2n) is 7.02. The van der Waals surface area contributed by atoms with E-state index in [2.05, 4.69) is 5.32 Å². The third-order valence-corrected chi connectivity index (χ3v) is 4.94. The highest BCUT2D eigenvalue weighted by Gasteiger charge is 2.30. The number of nitro groups is 1. The number of para-hydroxylation sites is 1. The third kappa shape index (κ3) is 3.89. The molecule has 1 N–H and O–H groups in total. The van der Waals surface area contributed by atoms with Crippen LogP contribution in [-0.4, -0.2) is 15.4 Å². The van der Waals surface area contributed by atoms with Crippen LogP contribution in [0.1, 0.15) is 5.56 Å². The molecule has 0 aliphatic carbocycles. The number of fused-ring (bicyclic) bond motifs is 2. The first-order valence-corrected chi connectivity index (χ1v) is 9.32. The lowest BCUT2D eigenvalue weighted by Gasteiger charge is -2.15. The van der Waals surface area contributed by atoms with Crippen LogP contribution in [0.25, 0.3) is 21.8 Å². The van der Waals surface area contributed by atoms with E-state index in [0.717, 1.165) is 18.2 Å². The molecule has 7 nitrogen and oxygen atoms in total. The number of hydrogen-bond donors (Lipinski definition) is 1. The molecule has 4 aromatic rings. The van der Waals surface area contributed by atoms with Crippen molar-refractivity contribution in [3.05, 3.63) is 92.6 Å². The standard InChI is InChI=1S/C22H14F3N3O4/c23-22(24,25)13-4-3-5-14(10-13)26-20(29)12-27-18-7-2-1-6-16(18)21(30)17-11-15(28(31)32)8-9-19(17)27/h1-11H,12H2,(H,26,29). The van der Waals surface area contributed by atoms with Crippen LogP contribution in [0.4, 0.5) is 24.5 Å². The fourth-order valence-electron chi connectivity index (χ4n) is 3.52. The fraction of sp³-hybridized carbons (Fsp3) is 0.0909. The van der Waals surface area contributed by atoms with Crippen molar-refractivity contribution in [1.29, 1.82) is 0 Å². The lowest BCUT2D eigenvalue weighted by atomic mass is 10.1.